The largest absolute Gasteiger partial charge is 0.462 e. The first-order valence-electron chi connectivity index (χ1n) is 8.28. The Bertz CT molecular complexity index is 860. The Morgan fingerprint density at radius 2 is 2.11 bits per heavy atom. The lowest BCUT2D eigenvalue weighted by atomic mass is 10.0. The second-order valence-electron chi connectivity index (χ2n) is 6.04. The number of nitrogens with one attached hydrogen (secondary N) is 2. The molecule has 6 N–H and O–H groups in total. The molecule has 0 unspecified atom stereocenters. The van der Waals surface area contributed by atoms with Crippen LogP contribution in [0.1, 0.15) is 13.8 Å². The van der Waals surface area contributed by atoms with Gasteiger partial charge in [-0.15, -0.1) is 0 Å². The highest BCUT2D eigenvalue weighted by Gasteiger charge is 2.25. The Hall–Kier alpha value is -2.99. The van der Waals surface area contributed by atoms with E-state index in [1.807, 2.05) is 0 Å². The van der Waals surface area contributed by atoms with Crippen LogP contribution < -0.4 is 22.3 Å². The molecule has 1 atom stereocenters. The fourth-order valence-corrected chi connectivity index (χ4v) is 2.25. The zero-order valence-corrected chi connectivity index (χ0v) is 15.1. The Balaban J connectivity index is 1.82. The Kier molecular flexibility index (Phi) is 6.85. The molecule has 148 valence electrons. The van der Waals surface area contributed by atoms with E-state index in [4.69, 9.17) is 20.9 Å². The van der Waals surface area contributed by atoms with Crippen LogP contribution in [0.25, 0.3) is 11.2 Å². The first kappa shape index (κ1) is 20.3. The van der Waals surface area contributed by atoms with Gasteiger partial charge in [0, 0.05) is 0 Å². The number of imidazole rings is 1. The molecule has 0 saturated heterocycles. The summed E-state index contributed by atoms with van der Waals surface area (Å²) >= 11 is 0. The Labute approximate surface area is 154 Å². The molecular formula is C15H23N7O5. The van der Waals surface area contributed by atoms with Gasteiger partial charge in [0.05, 0.1) is 19.5 Å². The summed E-state index contributed by atoms with van der Waals surface area (Å²) in [4.78, 5) is 45.4. The molecule has 0 aliphatic carbocycles. The van der Waals surface area contributed by atoms with Crippen LogP contribution in [0, 0.1) is 5.92 Å². The lowest BCUT2D eigenvalue weighted by Gasteiger charge is -2.20. The average molecular weight is 381 g/mol. The van der Waals surface area contributed by atoms with Crippen molar-refractivity contribution in [3.63, 3.8) is 0 Å². The number of amides is 1. The minimum atomic E-state index is -0.780. The van der Waals surface area contributed by atoms with Crippen molar-refractivity contribution in [3.8, 4) is 0 Å². The molecule has 2 rings (SSSR count). The highest BCUT2D eigenvalue weighted by molar-refractivity contribution is 5.85. The van der Waals surface area contributed by atoms with Crippen molar-refractivity contribution < 1.29 is 19.1 Å². The van der Waals surface area contributed by atoms with Crippen molar-refractivity contribution >= 4 is 29.0 Å². The van der Waals surface area contributed by atoms with Crippen LogP contribution in [0.4, 0.5) is 5.95 Å². The van der Waals surface area contributed by atoms with Crippen LogP contribution >= 0.6 is 0 Å². The highest BCUT2D eigenvalue weighted by atomic mass is 16.6. The molecule has 2 heterocycles. The number of nitrogens with zero attached hydrogens (tertiary/aromatic N) is 3. The second kappa shape index (κ2) is 9.09. The summed E-state index contributed by atoms with van der Waals surface area (Å²) in [6, 6.07) is -0.780. The molecule has 2 aromatic heterocycles. The molecule has 0 radical (unpaired) electrons. The number of carbonyl (C=O) groups is 2. The summed E-state index contributed by atoms with van der Waals surface area (Å²) in [5.74, 6) is -1.18. The smallest absolute Gasteiger partial charge is 0.328 e. The molecule has 0 spiro atoms. The van der Waals surface area contributed by atoms with Crippen molar-refractivity contribution in [3.05, 3.63) is 16.7 Å². The predicted octanol–water partition coefficient (Wildman–Crippen LogP) is -1.68. The summed E-state index contributed by atoms with van der Waals surface area (Å²) in [5, 5.41) is 2.52. The summed E-state index contributed by atoms with van der Waals surface area (Å²) in [5.41, 5.74) is 10.8. The van der Waals surface area contributed by atoms with E-state index >= 15 is 0 Å². The number of hydrogen-bond acceptors (Lipinski definition) is 9. The van der Waals surface area contributed by atoms with E-state index in [0.29, 0.717) is 0 Å². The third kappa shape index (κ3) is 5.24. The lowest BCUT2D eigenvalue weighted by molar-refractivity contribution is -0.150. The van der Waals surface area contributed by atoms with Crippen LogP contribution in [0.5, 0.6) is 0 Å². The van der Waals surface area contributed by atoms with Gasteiger partial charge in [-0.05, 0) is 5.92 Å². The van der Waals surface area contributed by atoms with E-state index in [2.05, 4.69) is 20.3 Å². The first-order valence-corrected chi connectivity index (χ1v) is 8.28. The van der Waals surface area contributed by atoms with Gasteiger partial charge in [-0.1, -0.05) is 13.8 Å². The number of fused-ring (bicyclic) bond motifs is 1. The summed E-state index contributed by atoms with van der Waals surface area (Å²) in [6.07, 6.45) is 1.40. The maximum Gasteiger partial charge on any atom is 0.328 e. The van der Waals surface area contributed by atoms with Crippen LogP contribution in [0.15, 0.2) is 11.1 Å². The van der Waals surface area contributed by atoms with Crippen molar-refractivity contribution in [1.82, 2.24) is 24.8 Å². The van der Waals surface area contributed by atoms with Gasteiger partial charge in [-0.3, -0.25) is 19.1 Å². The van der Waals surface area contributed by atoms with Gasteiger partial charge in [0.15, 0.2) is 11.2 Å². The summed E-state index contributed by atoms with van der Waals surface area (Å²) in [7, 11) is 0. The van der Waals surface area contributed by atoms with E-state index in [1.54, 1.807) is 13.8 Å². The fourth-order valence-electron chi connectivity index (χ4n) is 2.25. The number of carbonyl (C=O) groups excluding carboxylic acids is 2. The zero-order chi connectivity index (χ0) is 20.0. The SMILES string of the molecule is CC(C)[C@H](NC(=O)CN)C(=O)OCCOCn1cnc2c(=O)[nH]c(N)nc21. The molecular weight excluding hydrogens is 358 g/mol. The van der Waals surface area contributed by atoms with E-state index in [1.165, 1.54) is 10.9 Å². The molecule has 0 fully saturated rings. The summed E-state index contributed by atoms with van der Waals surface area (Å²) in [6.45, 7) is 3.48. The number of H-pyrrole nitrogens is 1. The van der Waals surface area contributed by atoms with Gasteiger partial charge < -0.3 is 26.3 Å². The van der Waals surface area contributed by atoms with Crippen molar-refractivity contribution in [2.75, 3.05) is 25.5 Å². The van der Waals surface area contributed by atoms with Gasteiger partial charge in [-0.25, -0.2) is 9.78 Å². The number of aromatic amines is 1. The van der Waals surface area contributed by atoms with Gasteiger partial charge in [0.2, 0.25) is 11.9 Å². The number of nitrogens with two attached hydrogens (primary N) is 2. The molecule has 0 bridgehead atoms. The van der Waals surface area contributed by atoms with Gasteiger partial charge >= 0.3 is 5.97 Å². The van der Waals surface area contributed by atoms with Crippen LogP contribution in [-0.4, -0.2) is 57.2 Å². The van der Waals surface area contributed by atoms with Gasteiger partial charge in [0.25, 0.3) is 5.56 Å². The number of rotatable bonds is 9. The number of anilines is 1. The van der Waals surface area contributed by atoms with Gasteiger partial charge in [0.1, 0.15) is 19.4 Å². The van der Waals surface area contributed by atoms with E-state index in [0.717, 1.165) is 0 Å². The van der Waals surface area contributed by atoms with Crippen LogP contribution in [0.2, 0.25) is 0 Å². The Morgan fingerprint density at radius 1 is 1.37 bits per heavy atom. The molecule has 1 amide bonds. The normalized spacial score (nSPS) is 12.3. The highest BCUT2D eigenvalue weighted by Crippen LogP contribution is 2.07. The molecule has 0 aromatic carbocycles. The Morgan fingerprint density at radius 3 is 2.78 bits per heavy atom. The number of aromatic nitrogens is 4. The maximum atomic E-state index is 12.1. The van der Waals surface area contributed by atoms with E-state index < -0.39 is 23.5 Å². The minimum Gasteiger partial charge on any atom is -0.462 e. The number of hydrogen-bond donors (Lipinski definition) is 4. The van der Waals surface area contributed by atoms with E-state index in [9.17, 15) is 14.4 Å². The van der Waals surface area contributed by atoms with Crippen molar-refractivity contribution in [1.29, 1.82) is 0 Å². The van der Waals surface area contributed by atoms with E-state index in [-0.39, 0.29) is 49.5 Å². The number of ether oxygens (including phenoxy) is 2. The first-order chi connectivity index (χ1) is 12.8. The number of nitrogen functional groups attached to an aromatic ring is 1. The third-order valence-electron chi connectivity index (χ3n) is 3.62. The van der Waals surface area contributed by atoms with Crippen LogP contribution in [0.3, 0.4) is 0 Å². The minimum absolute atomic E-state index is 0.0106. The van der Waals surface area contributed by atoms with Crippen molar-refractivity contribution in [2.45, 2.75) is 26.6 Å². The zero-order valence-electron chi connectivity index (χ0n) is 15.1. The number of esters is 1. The molecule has 0 aliphatic rings. The lowest BCUT2D eigenvalue weighted by Crippen LogP contribution is -2.47. The van der Waals surface area contributed by atoms with Gasteiger partial charge in [-0.2, -0.15) is 4.98 Å². The quantitative estimate of drug-likeness (QED) is 0.291. The van der Waals surface area contributed by atoms with Crippen LogP contribution in [-0.2, 0) is 25.8 Å². The standard InChI is InChI=1S/C15H23N7O5/c1-8(2)10(19-9(23)5-16)14(25)27-4-3-26-7-22-6-18-11-12(22)20-15(17)21-13(11)24/h6,8,10H,3-5,7,16H2,1-2H3,(H,19,23)(H3,17,20,21,24)/t10-/m0/s1. The second-order valence-corrected chi connectivity index (χ2v) is 6.04. The van der Waals surface area contributed by atoms with Crippen molar-refractivity contribution in [2.24, 2.45) is 11.7 Å². The maximum absolute atomic E-state index is 12.1. The molecule has 2 aromatic rings. The predicted molar refractivity (Wildman–Crippen MR) is 95.3 cm³/mol. The molecule has 0 aliphatic heterocycles. The topological polar surface area (TPSA) is 180 Å². The fraction of sp³-hybridized carbons (Fsp3) is 0.533. The third-order valence-corrected chi connectivity index (χ3v) is 3.62. The molecule has 12 nitrogen and oxygen atoms in total. The average Bonchev–Trinajstić information content (AvgIpc) is 3.01. The molecule has 0 saturated carbocycles. The molecule has 27 heavy (non-hydrogen) atoms. The molecule has 12 heteroatoms. The monoisotopic (exact) mass is 381 g/mol. The summed E-state index contributed by atoms with van der Waals surface area (Å²) < 4.78 is 12.0.